The molecule has 0 radical (unpaired) electrons. The molecule has 0 aromatic rings. The monoisotopic (exact) mass is 364 g/mol. The number of aliphatic hydroxyl groups is 1. The SMILES string of the molecule is CC(C)C(=O)NCCOCCOCCOCCOCCNC(=O)CO. The zero-order valence-electron chi connectivity index (χ0n) is 15.3. The molecule has 25 heavy (non-hydrogen) atoms. The molecule has 0 saturated heterocycles. The first-order valence-electron chi connectivity index (χ1n) is 8.54. The second-order valence-electron chi connectivity index (χ2n) is 5.40. The lowest BCUT2D eigenvalue weighted by Gasteiger charge is -2.09. The highest BCUT2D eigenvalue weighted by atomic mass is 16.6. The van der Waals surface area contributed by atoms with Crippen LogP contribution < -0.4 is 10.6 Å². The summed E-state index contributed by atoms with van der Waals surface area (Å²) >= 11 is 0. The minimum atomic E-state index is -0.511. The molecule has 0 saturated carbocycles. The van der Waals surface area contributed by atoms with E-state index < -0.39 is 12.5 Å². The van der Waals surface area contributed by atoms with E-state index in [9.17, 15) is 9.59 Å². The van der Waals surface area contributed by atoms with E-state index >= 15 is 0 Å². The Kier molecular flexibility index (Phi) is 16.7. The van der Waals surface area contributed by atoms with Crippen LogP contribution in [0.25, 0.3) is 0 Å². The maximum absolute atomic E-state index is 11.3. The normalized spacial score (nSPS) is 10.9. The van der Waals surface area contributed by atoms with Crippen molar-refractivity contribution < 1.29 is 33.6 Å². The molecule has 0 aliphatic rings. The van der Waals surface area contributed by atoms with Gasteiger partial charge in [0.1, 0.15) is 6.61 Å². The third-order valence-electron chi connectivity index (χ3n) is 2.90. The second-order valence-corrected chi connectivity index (χ2v) is 5.40. The summed E-state index contributed by atoms with van der Waals surface area (Å²) < 4.78 is 21.2. The van der Waals surface area contributed by atoms with Crippen LogP contribution in [0, 0.1) is 5.92 Å². The fraction of sp³-hybridized carbons (Fsp3) is 0.875. The summed E-state index contributed by atoms with van der Waals surface area (Å²) in [6.07, 6.45) is 0. The highest BCUT2D eigenvalue weighted by Crippen LogP contribution is 1.89. The Balaban J connectivity index is 3.10. The van der Waals surface area contributed by atoms with Gasteiger partial charge in [0.05, 0.1) is 52.9 Å². The van der Waals surface area contributed by atoms with Gasteiger partial charge in [-0.3, -0.25) is 9.59 Å². The molecule has 9 nitrogen and oxygen atoms in total. The van der Waals surface area contributed by atoms with Crippen LogP contribution in [0.1, 0.15) is 13.8 Å². The number of carbonyl (C=O) groups is 2. The topological polar surface area (TPSA) is 115 Å². The van der Waals surface area contributed by atoms with Gasteiger partial charge in [-0.25, -0.2) is 0 Å². The van der Waals surface area contributed by atoms with Gasteiger partial charge in [-0.15, -0.1) is 0 Å². The lowest BCUT2D eigenvalue weighted by atomic mass is 10.2. The lowest BCUT2D eigenvalue weighted by Crippen LogP contribution is -2.31. The molecular formula is C16H32N2O7. The predicted molar refractivity (Wildman–Crippen MR) is 91.2 cm³/mol. The van der Waals surface area contributed by atoms with E-state index in [1.807, 2.05) is 13.8 Å². The van der Waals surface area contributed by atoms with Crippen molar-refractivity contribution in [1.29, 1.82) is 0 Å². The number of amides is 2. The third-order valence-corrected chi connectivity index (χ3v) is 2.90. The summed E-state index contributed by atoms with van der Waals surface area (Å²) in [6.45, 7) is 7.65. The van der Waals surface area contributed by atoms with E-state index in [1.165, 1.54) is 0 Å². The van der Waals surface area contributed by atoms with Gasteiger partial charge in [0, 0.05) is 19.0 Å². The fourth-order valence-electron chi connectivity index (χ4n) is 1.53. The van der Waals surface area contributed by atoms with Crippen molar-refractivity contribution >= 4 is 11.8 Å². The minimum Gasteiger partial charge on any atom is -0.387 e. The van der Waals surface area contributed by atoms with Crippen LogP contribution in [-0.2, 0) is 28.5 Å². The smallest absolute Gasteiger partial charge is 0.245 e. The van der Waals surface area contributed by atoms with Gasteiger partial charge in [-0.1, -0.05) is 13.8 Å². The molecule has 0 heterocycles. The van der Waals surface area contributed by atoms with Crippen LogP contribution in [0.15, 0.2) is 0 Å². The van der Waals surface area contributed by atoms with Crippen molar-refractivity contribution in [3.63, 3.8) is 0 Å². The van der Waals surface area contributed by atoms with E-state index in [4.69, 9.17) is 24.1 Å². The summed E-state index contributed by atoms with van der Waals surface area (Å²) in [5, 5.41) is 13.7. The molecule has 0 aliphatic heterocycles. The fourth-order valence-corrected chi connectivity index (χ4v) is 1.53. The number of aliphatic hydroxyl groups excluding tert-OH is 1. The highest BCUT2D eigenvalue weighted by Gasteiger charge is 2.04. The Morgan fingerprint density at radius 3 is 1.56 bits per heavy atom. The Morgan fingerprint density at radius 2 is 1.16 bits per heavy atom. The molecule has 0 atom stereocenters. The molecule has 0 unspecified atom stereocenters. The average Bonchev–Trinajstić information content (AvgIpc) is 2.60. The van der Waals surface area contributed by atoms with E-state index in [-0.39, 0.29) is 11.8 Å². The van der Waals surface area contributed by atoms with Gasteiger partial charge in [0.15, 0.2) is 0 Å². The number of hydrogen-bond donors (Lipinski definition) is 3. The molecular weight excluding hydrogens is 332 g/mol. The summed E-state index contributed by atoms with van der Waals surface area (Å²) in [4.78, 5) is 22.0. The summed E-state index contributed by atoms with van der Waals surface area (Å²) in [5.41, 5.74) is 0. The van der Waals surface area contributed by atoms with Crippen LogP contribution in [0.5, 0.6) is 0 Å². The van der Waals surface area contributed by atoms with Crippen LogP contribution >= 0.6 is 0 Å². The number of hydrogen-bond acceptors (Lipinski definition) is 7. The van der Waals surface area contributed by atoms with Gasteiger partial charge < -0.3 is 34.7 Å². The standard InChI is InChI=1S/C16H32N2O7/c1-14(2)16(21)18-4-6-23-8-10-25-12-11-24-9-7-22-5-3-17-15(20)13-19/h14,19H,3-13H2,1-2H3,(H,17,20)(H,18,21). The average molecular weight is 364 g/mol. The molecule has 0 aliphatic carbocycles. The van der Waals surface area contributed by atoms with Gasteiger partial charge in [-0.05, 0) is 0 Å². The van der Waals surface area contributed by atoms with Crippen molar-refractivity contribution in [3.05, 3.63) is 0 Å². The van der Waals surface area contributed by atoms with E-state index in [0.717, 1.165) is 0 Å². The molecule has 9 heteroatoms. The number of rotatable bonds is 17. The first-order chi connectivity index (χ1) is 12.1. The second kappa shape index (κ2) is 17.6. The minimum absolute atomic E-state index is 0.0131. The van der Waals surface area contributed by atoms with E-state index in [1.54, 1.807) is 0 Å². The van der Waals surface area contributed by atoms with E-state index in [2.05, 4.69) is 10.6 Å². The van der Waals surface area contributed by atoms with Crippen molar-refractivity contribution in [2.45, 2.75) is 13.8 Å². The number of ether oxygens (including phenoxy) is 4. The maximum Gasteiger partial charge on any atom is 0.245 e. The Labute approximate surface area is 149 Å². The maximum atomic E-state index is 11.3. The van der Waals surface area contributed by atoms with Crippen LogP contribution in [0.4, 0.5) is 0 Å². The van der Waals surface area contributed by atoms with Crippen molar-refractivity contribution in [2.75, 3.05) is 72.6 Å². The zero-order valence-corrected chi connectivity index (χ0v) is 15.3. The van der Waals surface area contributed by atoms with E-state index in [0.29, 0.717) is 65.9 Å². The molecule has 2 amide bonds. The molecule has 3 N–H and O–H groups in total. The lowest BCUT2D eigenvalue weighted by molar-refractivity contribution is -0.124. The Hall–Kier alpha value is -1.26. The van der Waals surface area contributed by atoms with Crippen LogP contribution in [0.3, 0.4) is 0 Å². The van der Waals surface area contributed by atoms with Gasteiger partial charge in [0.2, 0.25) is 11.8 Å². The predicted octanol–water partition coefficient (Wildman–Crippen LogP) is -1.07. The van der Waals surface area contributed by atoms with Gasteiger partial charge >= 0.3 is 0 Å². The summed E-state index contributed by atoms with van der Waals surface area (Å²) in [6, 6.07) is 0. The molecule has 148 valence electrons. The molecule has 0 bridgehead atoms. The van der Waals surface area contributed by atoms with Gasteiger partial charge in [-0.2, -0.15) is 0 Å². The molecule has 0 fully saturated rings. The van der Waals surface area contributed by atoms with Crippen LogP contribution in [0.2, 0.25) is 0 Å². The zero-order chi connectivity index (χ0) is 18.8. The molecule has 0 rings (SSSR count). The number of nitrogens with one attached hydrogen (secondary N) is 2. The van der Waals surface area contributed by atoms with Crippen molar-refractivity contribution in [3.8, 4) is 0 Å². The van der Waals surface area contributed by atoms with Gasteiger partial charge in [0.25, 0.3) is 0 Å². The number of carbonyl (C=O) groups excluding carboxylic acids is 2. The van der Waals surface area contributed by atoms with Crippen molar-refractivity contribution in [1.82, 2.24) is 10.6 Å². The largest absolute Gasteiger partial charge is 0.387 e. The van der Waals surface area contributed by atoms with Crippen LogP contribution in [-0.4, -0.2) is 89.5 Å². The quantitative estimate of drug-likeness (QED) is 0.282. The Bertz CT molecular complexity index is 340. The molecule has 0 aromatic carbocycles. The summed E-state index contributed by atoms with van der Waals surface area (Å²) in [5.74, 6) is -0.405. The first-order valence-corrected chi connectivity index (χ1v) is 8.54. The first kappa shape index (κ1) is 23.7. The highest BCUT2D eigenvalue weighted by molar-refractivity contribution is 5.77. The third kappa shape index (κ3) is 17.4. The molecule has 0 spiro atoms. The molecule has 0 aromatic heterocycles. The van der Waals surface area contributed by atoms with Crippen molar-refractivity contribution in [2.24, 2.45) is 5.92 Å². The Morgan fingerprint density at radius 1 is 0.760 bits per heavy atom. The summed E-state index contributed by atoms with van der Waals surface area (Å²) in [7, 11) is 0.